The van der Waals surface area contributed by atoms with Crippen molar-refractivity contribution < 1.29 is 12.8 Å². The second-order valence-corrected chi connectivity index (χ2v) is 8.76. The average Bonchev–Trinajstić information content (AvgIpc) is 2.54. The van der Waals surface area contributed by atoms with E-state index in [0.717, 1.165) is 18.4 Å². The van der Waals surface area contributed by atoms with E-state index in [9.17, 15) is 12.8 Å². The Morgan fingerprint density at radius 1 is 1.37 bits per heavy atom. The van der Waals surface area contributed by atoms with Gasteiger partial charge < -0.3 is 10.6 Å². The average molecular weight is 512 g/mol. The van der Waals surface area contributed by atoms with Crippen LogP contribution in [-0.4, -0.2) is 40.3 Å². The Labute approximate surface area is 178 Å². The maximum atomic E-state index is 13.7. The molecule has 0 bridgehead atoms. The van der Waals surface area contributed by atoms with Gasteiger partial charge in [0, 0.05) is 20.1 Å². The molecule has 9 heteroatoms. The maximum absolute atomic E-state index is 13.7. The fourth-order valence-electron chi connectivity index (χ4n) is 2.68. The van der Waals surface area contributed by atoms with Crippen LogP contribution in [0.15, 0.2) is 23.2 Å². The number of halogens is 2. The Kier molecular flexibility index (Phi) is 9.96. The topological polar surface area (TPSA) is 82.6 Å². The molecule has 0 aromatic heterocycles. The summed E-state index contributed by atoms with van der Waals surface area (Å²) in [7, 11) is -1.68. The van der Waals surface area contributed by atoms with Crippen molar-refractivity contribution in [2.24, 2.45) is 10.9 Å². The van der Waals surface area contributed by atoms with E-state index in [1.165, 1.54) is 12.5 Å². The number of nitrogens with one attached hydrogen (secondary N) is 3. The molecule has 1 aliphatic rings. The predicted molar refractivity (Wildman–Crippen MR) is 119 cm³/mol. The van der Waals surface area contributed by atoms with Crippen molar-refractivity contribution in [3.8, 4) is 0 Å². The number of hydrogen-bond acceptors (Lipinski definition) is 3. The molecule has 0 radical (unpaired) electrons. The lowest BCUT2D eigenvalue weighted by Crippen LogP contribution is -2.42. The summed E-state index contributed by atoms with van der Waals surface area (Å²) >= 11 is 0. The SMILES string of the molecule is CN=C(NCCS(=O)(=O)NCC1CCC1)NC(C)c1ccc(C)c(F)c1.I. The lowest BCUT2D eigenvalue weighted by molar-refractivity contribution is 0.316. The van der Waals surface area contributed by atoms with Crippen LogP contribution in [0.1, 0.15) is 43.4 Å². The van der Waals surface area contributed by atoms with Gasteiger partial charge >= 0.3 is 0 Å². The number of rotatable bonds is 8. The summed E-state index contributed by atoms with van der Waals surface area (Å²) in [4.78, 5) is 4.10. The Bertz CT molecular complexity index is 739. The number of aryl methyl sites for hydroxylation is 1. The van der Waals surface area contributed by atoms with Gasteiger partial charge in [0.05, 0.1) is 11.8 Å². The monoisotopic (exact) mass is 512 g/mol. The fraction of sp³-hybridized carbons (Fsp3) is 0.611. The van der Waals surface area contributed by atoms with Crippen molar-refractivity contribution in [2.75, 3.05) is 25.9 Å². The zero-order chi connectivity index (χ0) is 19.2. The molecule has 1 unspecified atom stereocenters. The lowest BCUT2D eigenvalue weighted by atomic mass is 9.86. The highest BCUT2D eigenvalue weighted by atomic mass is 127. The van der Waals surface area contributed by atoms with Gasteiger partial charge in [0.25, 0.3) is 0 Å². The number of guanidine groups is 1. The van der Waals surface area contributed by atoms with Crippen molar-refractivity contribution in [2.45, 2.75) is 39.2 Å². The van der Waals surface area contributed by atoms with Crippen LogP contribution >= 0.6 is 24.0 Å². The molecular formula is C18H30FIN4O2S. The van der Waals surface area contributed by atoms with Crippen LogP contribution in [-0.2, 0) is 10.0 Å². The van der Waals surface area contributed by atoms with Crippen LogP contribution < -0.4 is 15.4 Å². The highest BCUT2D eigenvalue weighted by Gasteiger charge is 2.20. The standard InChI is InChI=1S/C18H29FN4O2S.HI/c1-13-7-8-16(11-17(13)19)14(2)23-18(20-3)21-9-10-26(24,25)22-12-15-5-4-6-15;/h7-8,11,14-15,22H,4-6,9-10,12H2,1-3H3,(H2,20,21,23);1H. The van der Waals surface area contributed by atoms with Gasteiger partial charge in [-0.15, -0.1) is 24.0 Å². The van der Waals surface area contributed by atoms with Crippen LogP contribution in [0, 0.1) is 18.7 Å². The number of aliphatic imine (C=N–C) groups is 1. The lowest BCUT2D eigenvalue weighted by Gasteiger charge is -2.25. The van der Waals surface area contributed by atoms with Gasteiger partial charge in [-0.25, -0.2) is 17.5 Å². The van der Waals surface area contributed by atoms with Crippen molar-refractivity contribution in [3.05, 3.63) is 35.1 Å². The molecular weight excluding hydrogens is 482 g/mol. The van der Waals surface area contributed by atoms with Gasteiger partial charge in [-0.3, -0.25) is 4.99 Å². The van der Waals surface area contributed by atoms with Gasteiger partial charge in [-0.1, -0.05) is 18.6 Å². The minimum atomic E-state index is -3.29. The number of sulfonamides is 1. The third-order valence-electron chi connectivity index (χ3n) is 4.75. The molecule has 1 saturated carbocycles. The largest absolute Gasteiger partial charge is 0.355 e. The van der Waals surface area contributed by atoms with Crippen molar-refractivity contribution in [1.82, 2.24) is 15.4 Å². The first-order valence-corrected chi connectivity index (χ1v) is 10.7. The molecule has 1 aromatic rings. The van der Waals surface area contributed by atoms with Crippen molar-refractivity contribution >= 4 is 40.0 Å². The molecule has 27 heavy (non-hydrogen) atoms. The number of benzene rings is 1. The van der Waals surface area contributed by atoms with Gasteiger partial charge in [0.15, 0.2) is 5.96 Å². The smallest absolute Gasteiger partial charge is 0.213 e. The molecule has 0 spiro atoms. The van der Waals surface area contributed by atoms with Gasteiger partial charge in [-0.2, -0.15) is 0 Å². The summed E-state index contributed by atoms with van der Waals surface area (Å²) in [6.45, 7) is 4.39. The summed E-state index contributed by atoms with van der Waals surface area (Å²) in [5.74, 6) is 0.701. The second-order valence-electron chi connectivity index (χ2n) is 6.84. The zero-order valence-electron chi connectivity index (χ0n) is 16.1. The van der Waals surface area contributed by atoms with Gasteiger partial charge in [-0.05, 0) is 49.8 Å². The molecule has 6 nitrogen and oxygen atoms in total. The van der Waals surface area contributed by atoms with Crippen LogP contribution in [0.2, 0.25) is 0 Å². The normalized spacial score (nSPS) is 16.2. The van der Waals surface area contributed by atoms with E-state index in [4.69, 9.17) is 0 Å². The molecule has 0 aliphatic heterocycles. The summed E-state index contributed by atoms with van der Waals surface area (Å²) < 4.78 is 40.4. The molecule has 0 saturated heterocycles. The van der Waals surface area contributed by atoms with Crippen molar-refractivity contribution in [1.29, 1.82) is 0 Å². The van der Waals surface area contributed by atoms with E-state index in [1.54, 1.807) is 20.0 Å². The first-order chi connectivity index (χ1) is 12.3. The van der Waals surface area contributed by atoms with Gasteiger partial charge in [0.1, 0.15) is 5.82 Å². The van der Waals surface area contributed by atoms with Gasteiger partial charge in [0.2, 0.25) is 10.0 Å². The maximum Gasteiger partial charge on any atom is 0.213 e. The third-order valence-corrected chi connectivity index (χ3v) is 6.10. The minimum Gasteiger partial charge on any atom is -0.355 e. The highest BCUT2D eigenvalue weighted by Crippen LogP contribution is 2.25. The van der Waals surface area contributed by atoms with Crippen LogP contribution in [0.3, 0.4) is 0 Å². The summed E-state index contributed by atoms with van der Waals surface area (Å²) in [6, 6.07) is 4.93. The quantitative estimate of drug-likeness (QED) is 0.284. The van der Waals surface area contributed by atoms with E-state index >= 15 is 0 Å². The van der Waals surface area contributed by atoms with E-state index in [2.05, 4.69) is 20.3 Å². The predicted octanol–water partition coefficient (Wildman–Crippen LogP) is 2.70. The van der Waals surface area contributed by atoms with Crippen molar-refractivity contribution in [3.63, 3.8) is 0 Å². The zero-order valence-corrected chi connectivity index (χ0v) is 19.2. The van der Waals surface area contributed by atoms with E-state index in [1.807, 2.05) is 13.0 Å². The molecule has 154 valence electrons. The summed E-state index contributed by atoms with van der Waals surface area (Å²) in [5.41, 5.74) is 1.40. The molecule has 1 atom stereocenters. The first-order valence-electron chi connectivity index (χ1n) is 9.01. The van der Waals surface area contributed by atoms with Crippen LogP contribution in [0.5, 0.6) is 0 Å². The molecule has 0 heterocycles. The number of hydrogen-bond donors (Lipinski definition) is 3. The molecule has 3 N–H and O–H groups in total. The number of nitrogens with zero attached hydrogens (tertiary/aromatic N) is 1. The Hall–Kier alpha value is -0.940. The van der Waals surface area contributed by atoms with Crippen LogP contribution in [0.25, 0.3) is 0 Å². The summed E-state index contributed by atoms with van der Waals surface area (Å²) in [6.07, 6.45) is 3.41. The summed E-state index contributed by atoms with van der Waals surface area (Å²) in [5, 5.41) is 6.14. The van der Waals surface area contributed by atoms with E-state index in [-0.39, 0.29) is 48.1 Å². The Morgan fingerprint density at radius 2 is 2.07 bits per heavy atom. The second kappa shape index (κ2) is 11.2. The third kappa shape index (κ3) is 7.90. The van der Waals surface area contributed by atoms with E-state index < -0.39 is 10.0 Å². The molecule has 1 fully saturated rings. The fourth-order valence-corrected chi connectivity index (χ4v) is 3.68. The van der Waals surface area contributed by atoms with Crippen LogP contribution in [0.4, 0.5) is 4.39 Å². The Balaban J connectivity index is 0.00000364. The highest BCUT2D eigenvalue weighted by molar-refractivity contribution is 14.0. The Morgan fingerprint density at radius 3 is 2.63 bits per heavy atom. The molecule has 1 aromatic carbocycles. The first kappa shape index (κ1) is 24.1. The minimum absolute atomic E-state index is 0. The molecule has 2 rings (SSSR count). The molecule has 0 amide bonds. The van der Waals surface area contributed by atoms with E-state index in [0.29, 0.717) is 24.0 Å². The molecule has 1 aliphatic carbocycles.